The molecule has 8 aromatic rings. The standard InChI is InChI=1S/C48H34Cl2N6O4/c1-27-39(49)13-7-15-41(27)53-55-43-35-11-5-3-9-31(35)25-37(45(43)57)47(59)51-33-21-17-29(18-22-33)30-19-23-34(24-20-30)52-48(60)38-26-32-10-4-6-12-36(32)44(46(38)58)56-54-42-16-8-14-40(50)28(42)2/h3-26,57-58H,1-2H3,(H,51,59)(H,52,60). The fourth-order valence-electron chi connectivity index (χ4n) is 6.69. The minimum atomic E-state index is -0.523. The lowest BCUT2D eigenvalue weighted by Crippen LogP contribution is -2.12. The Hall–Kier alpha value is -7.40. The zero-order chi connectivity index (χ0) is 41.9. The van der Waals surface area contributed by atoms with Crippen molar-refractivity contribution in [2.75, 3.05) is 10.6 Å². The minimum absolute atomic E-state index is 0.0393. The average Bonchev–Trinajstić information content (AvgIpc) is 3.26. The molecule has 8 aromatic carbocycles. The molecule has 0 saturated carbocycles. The number of halogens is 2. The number of amides is 2. The first-order valence-electron chi connectivity index (χ1n) is 18.7. The van der Waals surface area contributed by atoms with Gasteiger partial charge in [0, 0.05) is 32.2 Å². The van der Waals surface area contributed by atoms with Crippen LogP contribution >= 0.6 is 23.2 Å². The summed E-state index contributed by atoms with van der Waals surface area (Å²) in [6, 6.07) is 42.9. The van der Waals surface area contributed by atoms with Crippen LogP contribution in [0.4, 0.5) is 34.1 Å². The number of nitrogens with one attached hydrogen (secondary N) is 2. The normalized spacial score (nSPS) is 11.5. The van der Waals surface area contributed by atoms with E-state index in [2.05, 4.69) is 31.1 Å². The highest BCUT2D eigenvalue weighted by atomic mass is 35.5. The van der Waals surface area contributed by atoms with Gasteiger partial charge in [0.15, 0.2) is 11.5 Å². The van der Waals surface area contributed by atoms with Gasteiger partial charge >= 0.3 is 0 Å². The van der Waals surface area contributed by atoms with Crippen LogP contribution in [0.3, 0.4) is 0 Å². The second kappa shape index (κ2) is 16.8. The maximum absolute atomic E-state index is 13.6. The molecule has 0 fully saturated rings. The van der Waals surface area contributed by atoms with Crippen LogP contribution in [-0.2, 0) is 0 Å². The number of carbonyl (C=O) groups excluding carboxylic acids is 2. The zero-order valence-corrected chi connectivity index (χ0v) is 33.6. The van der Waals surface area contributed by atoms with Gasteiger partial charge in [-0.2, -0.15) is 10.2 Å². The highest BCUT2D eigenvalue weighted by Gasteiger charge is 2.21. The minimum Gasteiger partial charge on any atom is -0.505 e. The lowest BCUT2D eigenvalue weighted by Gasteiger charge is -2.12. The predicted octanol–water partition coefficient (Wildman–Crippen LogP) is 14.3. The van der Waals surface area contributed by atoms with E-state index in [-0.39, 0.29) is 34.0 Å². The summed E-state index contributed by atoms with van der Waals surface area (Å²) in [6.45, 7) is 3.66. The van der Waals surface area contributed by atoms with Gasteiger partial charge in [0.2, 0.25) is 0 Å². The van der Waals surface area contributed by atoms with E-state index < -0.39 is 11.8 Å². The Balaban J connectivity index is 0.979. The third-order valence-corrected chi connectivity index (χ3v) is 10.9. The van der Waals surface area contributed by atoms with E-state index in [0.717, 1.165) is 22.3 Å². The van der Waals surface area contributed by atoms with Crippen LogP contribution in [0.25, 0.3) is 32.7 Å². The van der Waals surface area contributed by atoms with Crippen molar-refractivity contribution < 1.29 is 19.8 Å². The molecule has 0 aliphatic carbocycles. The Kier molecular flexibility index (Phi) is 11.1. The number of benzene rings is 8. The Morgan fingerprint density at radius 1 is 0.483 bits per heavy atom. The van der Waals surface area contributed by atoms with E-state index in [4.69, 9.17) is 23.2 Å². The molecule has 0 unspecified atom stereocenters. The van der Waals surface area contributed by atoms with Crippen LogP contribution in [0, 0.1) is 13.8 Å². The van der Waals surface area contributed by atoms with Gasteiger partial charge in [0.25, 0.3) is 11.8 Å². The van der Waals surface area contributed by atoms with E-state index in [1.807, 2.05) is 74.5 Å². The van der Waals surface area contributed by atoms with E-state index in [1.54, 1.807) is 84.9 Å². The van der Waals surface area contributed by atoms with Crippen LogP contribution in [0.1, 0.15) is 31.8 Å². The number of phenols is 2. The van der Waals surface area contributed by atoms with Crippen molar-refractivity contribution in [2.45, 2.75) is 13.8 Å². The monoisotopic (exact) mass is 828 g/mol. The van der Waals surface area contributed by atoms with Crippen molar-refractivity contribution >= 4 is 90.7 Å². The van der Waals surface area contributed by atoms with Crippen molar-refractivity contribution in [3.05, 3.63) is 178 Å². The quantitative estimate of drug-likeness (QED) is 0.107. The molecule has 0 aromatic heterocycles. The fraction of sp³-hybridized carbons (Fsp3) is 0.0417. The highest BCUT2D eigenvalue weighted by Crippen LogP contribution is 2.42. The molecule has 0 radical (unpaired) electrons. The van der Waals surface area contributed by atoms with E-state index in [1.165, 1.54) is 0 Å². The van der Waals surface area contributed by atoms with Crippen LogP contribution in [0.15, 0.2) is 166 Å². The number of phenolic OH excluding ortho intramolecular Hbond substituents is 2. The van der Waals surface area contributed by atoms with Gasteiger partial charge in [-0.3, -0.25) is 9.59 Å². The topological polar surface area (TPSA) is 148 Å². The lowest BCUT2D eigenvalue weighted by molar-refractivity contribution is 0.101. The summed E-state index contributed by atoms with van der Waals surface area (Å²) in [5, 5.41) is 49.6. The van der Waals surface area contributed by atoms with Crippen LogP contribution < -0.4 is 10.6 Å². The average molecular weight is 830 g/mol. The van der Waals surface area contributed by atoms with Gasteiger partial charge in [0.1, 0.15) is 11.4 Å². The number of hydrogen-bond donors (Lipinski definition) is 4. The molecule has 294 valence electrons. The molecular formula is C48H34Cl2N6O4. The molecule has 0 bridgehead atoms. The zero-order valence-electron chi connectivity index (χ0n) is 32.1. The maximum atomic E-state index is 13.6. The van der Waals surface area contributed by atoms with Crippen LogP contribution in [-0.4, -0.2) is 22.0 Å². The number of hydrogen-bond acceptors (Lipinski definition) is 8. The van der Waals surface area contributed by atoms with Crippen molar-refractivity contribution in [2.24, 2.45) is 20.5 Å². The predicted molar refractivity (Wildman–Crippen MR) is 240 cm³/mol. The fourth-order valence-corrected chi connectivity index (χ4v) is 7.03. The Bertz CT molecular complexity index is 2830. The first-order valence-corrected chi connectivity index (χ1v) is 19.5. The summed E-state index contributed by atoms with van der Waals surface area (Å²) in [7, 11) is 0. The van der Waals surface area contributed by atoms with Crippen molar-refractivity contribution in [1.82, 2.24) is 0 Å². The molecule has 4 N–H and O–H groups in total. The van der Waals surface area contributed by atoms with Crippen LogP contribution in [0.5, 0.6) is 11.5 Å². The third kappa shape index (κ3) is 8.02. The number of azo groups is 2. The molecule has 0 heterocycles. The largest absolute Gasteiger partial charge is 0.505 e. The molecule has 12 heteroatoms. The molecule has 10 nitrogen and oxygen atoms in total. The second-order valence-corrected chi connectivity index (χ2v) is 14.7. The number of aromatic hydroxyl groups is 2. The molecular weight excluding hydrogens is 795 g/mol. The molecule has 2 amide bonds. The summed E-state index contributed by atoms with van der Waals surface area (Å²) in [5.41, 5.74) is 5.71. The van der Waals surface area contributed by atoms with E-state index >= 15 is 0 Å². The summed E-state index contributed by atoms with van der Waals surface area (Å²) < 4.78 is 0. The van der Waals surface area contributed by atoms with Gasteiger partial charge < -0.3 is 20.8 Å². The SMILES string of the molecule is Cc1c(Cl)cccc1N=Nc1c(O)c(C(=O)Nc2ccc(-c3ccc(NC(=O)c4cc5ccccc5c(N=Nc5cccc(Cl)c5C)c4O)cc3)cc2)cc2ccccc12. The van der Waals surface area contributed by atoms with Gasteiger partial charge in [0.05, 0.1) is 22.5 Å². The third-order valence-electron chi connectivity index (χ3n) is 10.1. The molecule has 0 saturated heterocycles. The van der Waals surface area contributed by atoms with Crippen molar-refractivity contribution in [3.8, 4) is 22.6 Å². The summed E-state index contributed by atoms with van der Waals surface area (Å²) in [5.74, 6) is -1.65. The van der Waals surface area contributed by atoms with Gasteiger partial charge in [-0.25, -0.2) is 0 Å². The van der Waals surface area contributed by atoms with Gasteiger partial charge in [-0.1, -0.05) is 108 Å². The number of fused-ring (bicyclic) bond motifs is 2. The first kappa shape index (κ1) is 39.4. The molecule has 60 heavy (non-hydrogen) atoms. The van der Waals surface area contributed by atoms with Gasteiger partial charge in [-0.05, 0) is 108 Å². The molecule has 0 atom stereocenters. The van der Waals surface area contributed by atoms with Crippen molar-refractivity contribution in [3.63, 3.8) is 0 Å². The smallest absolute Gasteiger partial charge is 0.259 e. The van der Waals surface area contributed by atoms with E-state index in [9.17, 15) is 19.8 Å². The summed E-state index contributed by atoms with van der Waals surface area (Å²) in [6.07, 6.45) is 0. The van der Waals surface area contributed by atoms with Gasteiger partial charge in [-0.15, -0.1) is 10.2 Å². The number of nitrogens with zero attached hydrogens (tertiary/aromatic N) is 4. The lowest BCUT2D eigenvalue weighted by atomic mass is 10.0. The van der Waals surface area contributed by atoms with E-state index in [0.29, 0.717) is 54.3 Å². The second-order valence-electron chi connectivity index (χ2n) is 13.9. The molecule has 0 aliphatic heterocycles. The Morgan fingerprint density at radius 3 is 1.27 bits per heavy atom. The van der Waals surface area contributed by atoms with Crippen molar-refractivity contribution in [1.29, 1.82) is 0 Å². The molecule has 0 spiro atoms. The van der Waals surface area contributed by atoms with Crippen LogP contribution in [0.2, 0.25) is 10.0 Å². The number of anilines is 2. The molecule has 0 aliphatic rings. The summed E-state index contributed by atoms with van der Waals surface area (Å²) >= 11 is 12.5. The Morgan fingerprint density at radius 2 is 0.867 bits per heavy atom. The number of carbonyl (C=O) groups is 2. The molecule has 8 rings (SSSR count). The Labute approximate surface area is 354 Å². The summed E-state index contributed by atoms with van der Waals surface area (Å²) in [4.78, 5) is 27.2. The first-order chi connectivity index (χ1) is 29.0. The number of rotatable bonds is 9. The maximum Gasteiger partial charge on any atom is 0.259 e. The highest BCUT2D eigenvalue weighted by molar-refractivity contribution is 6.32.